The summed E-state index contributed by atoms with van der Waals surface area (Å²) in [6.07, 6.45) is 5.98. The molecule has 5 heteroatoms. The predicted octanol–water partition coefficient (Wildman–Crippen LogP) is 4.46. The van der Waals surface area contributed by atoms with Gasteiger partial charge in [-0.05, 0) is 53.9 Å². The third-order valence-electron chi connectivity index (χ3n) is 3.65. The Balaban J connectivity index is 1.89. The number of carbonyl (C=O) groups excluding carboxylic acids is 1. The Morgan fingerprint density at radius 3 is 2.60 bits per heavy atom. The van der Waals surface area contributed by atoms with Crippen molar-refractivity contribution in [2.75, 3.05) is 5.32 Å². The van der Waals surface area contributed by atoms with Crippen molar-refractivity contribution in [3.05, 3.63) is 27.1 Å². The SMILES string of the molecule is CC(Nc1ccc(Br)cc1Br)C(=O)NC1CCCCC1. The van der Waals surface area contributed by atoms with Crippen molar-refractivity contribution in [2.45, 2.75) is 51.1 Å². The number of benzene rings is 1. The van der Waals surface area contributed by atoms with Crippen molar-refractivity contribution in [3.8, 4) is 0 Å². The summed E-state index contributed by atoms with van der Waals surface area (Å²) in [5.74, 6) is 0.0757. The first-order chi connectivity index (χ1) is 9.56. The van der Waals surface area contributed by atoms with E-state index in [0.717, 1.165) is 27.5 Å². The summed E-state index contributed by atoms with van der Waals surface area (Å²) in [7, 11) is 0. The maximum Gasteiger partial charge on any atom is 0.242 e. The molecule has 0 bridgehead atoms. The van der Waals surface area contributed by atoms with Gasteiger partial charge in [0, 0.05) is 20.7 Å². The zero-order valence-corrected chi connectivity index (χ0v) is 14.8. The molecule has 2 N–H and O–H groups in total. The Kier molecular flexibility index (Phi) is 5.90. The van der Waals surface area contributed by atoms with Crippen molar-refractivity contribution in [2.24, 2.45) is 0 Å². The van der Waals surface area contributed by atoms with Crippen LogP contribution in [-0.4, -0.2) is 18.0 Å². The number of hydrogen-bond acceptors (Lipinski definition) is 2. The molecule has 1 amide bonds. The van der Waals surface area contributed by atoms with Crippen molar-refractivity contribution in [1.82, 2.24) is 5.32 Å². The van der Waals surface area contributed by atoms with Crippen LogP contribution in [0, 0.1) is 0 Å². The van der Waals surface area contributed by atoms with E-state index in [4.69, 9.17) is 0 Å². The van der Waals surface area contributed by atoms with Crippen LogP contribution in [0.4, 0.5) is 5.69 Å². The van der Waals surface area contributed by atoms with Crippen LogP contribution in [0.1, 0.15) is 39.0 Å². The fourth-order valence-corrected chi connectivity index (χ4v) is 3.64. The zero-order valence-electron chi connectivity index (χ0n) is 11.6. The molecule has 3 nitrogen and oxygen atoms in total. The van der Waals surface area contributed by atoms with Crippen LogP contribution in [0.2, 0.25) is 0 Å². The summed E-state index contributed by atoms with van der Waals surface area (Å²) in [4.78, 5) is 12.2. The van der Waals surface area contributed by atoms with Crippen molar-refractivity contribution in [3.63, 3.8) is 0 Å². The first kappa shape index (κ1) is 15.8. The normalized spacial score (nSPS) is 17.6. The van der Waals surface area contributed by atoms with Crippen LogP contribution in [-0.2, 0) is 4.79 Å². The number of halogens is 2. The molecule has 1 aromatic carbocycles. The van der Waals surface area contributed by atoms with Crippen molar-refractivity contribution < 1.29 is 4.79 Å². The molecule has 1 aliphatic carbocycles. The van der Waals surface area contributed by atoms with Crippen molar-refractivity contribution >= 4 is 43.5 Å². The Hall–Kier alpha value is -0.550. The topological polar surface area (TPSA) is 41.1 Å². The second-order valence-corrected chi connectivity index (χ2v) is 7.10. The first-order valence-electron chi connectivity index (χ1n) is 7.08. The Morgan fingerprint density at radius 1 is 1.25 bits per heavy atom. The molecule has 0 aliphatic heterocycles. The molecule has 1 atom stereocenters. The maximum atomic E-state index is 12.2. The minimum atomic E-state index is -0.241. The van der Waals surface area contributed by atoms with Gasteiger partial charge >= 0.3 is 0 Å². The molecule has 0 saturated heterocycles. The molecule has 0 heterocycles. The van der Waals surface area contributed by atoms with E-state index in [1.165, 1.54) is 19.3 Å². The summed E-state index contributed by atoms with van der Waals surface area (Å²) >= 11 is 6.92. The molecule has 1 unspecified atom stereocenters. The van der Waals surface area contributed by atoms with Gasteiger partial charge in [0.15, 0.2) is 0 Å². The van der Waals surface area contributed by atoms with Gasteiger partial charge in [-0.2, -0.15) is 0 Å². The van der Waals surface area contributed by atoms with E-state index in [0.29, 0.717) is 6.04 Å². The Labute approximate surface area is 137 Å². The lowest BCUT2D eigenvalue weighted by atomic mass is 9.95. The van der Waals surface area contributed by atoms with E-state index in [1.807, 2.05) is 25.1 Å². The quantitative estimate of drug-likeness (QED) is 0.778. The summed E-state index contributed by atoms with van der Waals surface area (Å²) in [6, 6.07) is 5.99. The van der Waals surface area contributed by atoms with Gasteiger partial charge < -0.3 is 10.6 Å². The molecule has 0 radical (unpaired) electrons. The van der Waals surface area contributed by atoms with Gasteiger partial charge in [-0.25, -0.2) is 0 Å². The van der Waals surface area contributed by atoms with Crippen LogP contribution in [0.15, 0.2) is 27.1 Å². The van der Waals surface area contributed by atoms with E-state index < -0.39 is 0 Å². The van der Waals surface area contributed by atoms with Crippen LogP contribution in [0.5, 0.6) is 0 Å². The smallest absolute Gasteiger partial charge is 0.242 e. The first-order valence-corrected chi connectivity index (χ1v) is 8.67. The molecule has 1 fully saturated rings. The van der Waals surface area contributed by atoms with Gasteiger partial charge in [-0.1, -0.05) is 35.2 Å². The van der Waals surface area contributed by atoms with E-state index in [-0.39, 0.29) is 11.9 Å². The standard InChI is InChI=1S/C15H20Br2N2O/c1-10(15(20)19-12-5-3-2-4-6-12)18-14-8-7-11(16)9-13(14)17/h7-10,12,18H,2-6H2,1H3,(H,19,20). The summed E-state index contributed by atoms with van der Waals surface area (Å²) in [6.45, 7) is 1.90. The summed E-state index contributed by atoms with van der Waals surface area (Å²) in [5.41, 5.74) is 0.930. The highest BCUT2D eigenvalue weighted by Gasteiger charge is 2.19. The highest BCUT2D eigenvalue weighted by molar-refractivity contribution is 9.11. The van der Waals surface area contributed by atoms with Crippen LogP contribution in [0.3, 0.4) is 0 Å². The number of amides is 1. The Morgan fingerprint density at radius 2 is 1.95 bits per heavy atom. The van der Waals surface area contributed by atoms with E-state index in [9.17, 15) is 4.79 Å². The van der Waals surface area contributed by atoms with Gasteiger partial charge in [-0.3, -0.25) is 4.79 Å². The molecule has 1 saturated carbocycles. The van der Waals surface area contributed by atoms with Crippen LogP contribution in [0.25, 0.3) is 0 Å². The van der Waals surface area contributed by atoms with E-state index in [2.05, 4.69) is 42.5 Å². The highest BCUT2D eigenvalue weighted by atomic mass is 79.9. The highest BCUT2D eigenvalue weighted by Crippen LogP contribution is 2.26. The molecule has 1 aromatic rings. The number of carbonyl (C=O) groups is 1. The lowest BCUT2D eigenvalue weighted by Crippen LogP contribution is -2.44. The van der Waals surface area contributed by atoms with Gasteiger partial charge in [0.25, 0.3) is 0 Å². The zero-order chi connectivity index (χ0) is 14.5. The summed E-state index contributed by atoms with van der Waals surface area (Å²) in [5, 5.41) is 6.39. The predicted molar refractivity (Wildman–Crippen MR) is 89.9 cm³/mol. The molecular weight excluding hydrogens is 384 g/mol. The van der Waals surface area contributed by atoms with Gasteiger partial charge in [0.05, 0.1) is 0 Å². The third kappa shape index (κ3) is 4.48. The minimum Gasteiger partial charge on any atom is -0.373 e. The number of rotatable bonds is 4. The number of hydrogen-bond donors (Lipinski definition) is 2. The average Bonchev–Trinajstić information content (AvgIpc) is 2.43. The van der Waals surface area contributed by atoms with E-state index >= 15 is 0 Å². The van der Waals surface area contributed by atoms with Gasteiger partial charge in [0.1, 0.15) is 6.04 Å². The fourth-order valence-electron chi connectivity index (χ4n) is 2.48. The lowest BCUT2D eigenvalue weighted by molar-refractivity contribution is -0.122. The molecule has 0 aromatic heterocycles. The Bertz CT molecular complexity index is 473. The van der Waals surface area contributed by atoms with Crippen molar-refractivity contribution in [1.29, 1.82) is 0 Å². The average molecular weight is 404 g/mol. The lowest BCUT2D eigenvalue weighted by Gasteiger charge is -2.25. The second kappa shape index (κ2) is 7.46. The molecule has 2 rings (SSSR count). The van der Waals surface area contributed by atoms with Gasteiger partial charge in [-0.15, -0.1) is 0 Å². The molecular formula is C15H20Br2N2O. The largest absolute Gasteiger partial charge is 0.373 e. The second-order valence-electron chi connectivity index (χ2n) is 5.33. The van der Waals surface area contributed by atoms with Crippen LogP contribution < -0.4 is 10.6 Å². The molecule has 110 valence electrons. The van der Waals surface area contributed by atoms with Gasteiger partial charge in [0.2, 0.25) is 5.91 Å². The number of anilines is 1. The fraction of sp³-hybridized carbons (Fsp3) is 0.533. The van der Waals surface area contributed by atoms with E-state index in [1.54, 1.807) is 0 Å². The third-order valence-corrected chi connectivity index (χ3v) is 4.80. The maximum absolute atomic E-state index is 12.2. The van der Waals surface area contributed by atoms with Crippen LogP contribution >= 0.6 is 31.9 Å². The molecule has 1 aliphatic rings. The monoisotopic (exact) mass is 402 g/mol. The molecule has 20 heavy (non-hydrogen) atoms. The molecule has 0 spiro atoms. The number of nitrogens with one attached hydrogen (secondary N) is 2. The summed E-state index contributed by atoms with van der Waals surface area (Å²) < 4.78 is 1.96. The minimum absolute atomic E-state index is 0.0757.